The molecule has 6 rings (SSSR count). The number of nitrogens with zero attached hydrogens (tertiary/aromatic N) is 4. The Balaban J connectivity index is 1.31. The third kappa shape index (κ3) is 4.09. The molecule has 0 aliphatic heterocycles. The molecule has 1 unspecified atom stereocenters. The molecule has 8 heteroatoms. The average molecular weight is 484 g/mol. The molecule has 0 spiro atoms. The Morgan fingerprint density at radius 3 is 2.89 bits per heavy atom. The number of hydrogen-bond donors (Lipinski definition) is 1. The van der Waals surface area contributed by atoms with Gasteiger partial charge in [-0.25, -0.2) is 15.0 Å². The molecule has 1 N–H and O–H groups in total. The lowest BCUT2D eigenvalue weighted by molar-refractivity contribution is 0.409. The lowest BCUT2D eigenvalue weighted by Gasteiger charge is -2.23. The van der Waals surface area contributed by atoms with Crippen molar-refractivity contribution in [1.29, 1.82) is 0 Å². The SMILES string of the molecule is COc1ccc2ccccc2c1Cn1cnc2sc3c(c2c1=O)CCC(NCc1cncnc1)C3. The Hall–Kier alpha value is -3.62. The minimum atomic E-state index is 0.0235. The first-order valence-electron chi connectivity index (χ1n) is 11.7. The van der Waals surface area contributed by atoms with Crippen LogP contribution in [0.15, 0.2) is 66.2 Å². The lowest BCUT2D eigenvalue weighted by atomic mass is 9.93. The molecule has 1 atom stereocenters. The summed E-state index contributed by atoms with van der Waals surface area (Å²) in [5.74, 6) is 0.778. The van der Waals surface area contributed by atoms with Gasteiger partial charge < -0.3 is 10.1 Å². The summed E-state index contributed by atoms with van der Waals surface area (Å²) in [6, 6.07) is 12.6. The van der Waals surface area contributed by atoms with Crippen LogP contribution in [0, 0.1) is 0 Å². The van der Waals surface area contributed by atoms with Crippen molar-refractivity contribution < 1.29 is 4.74 Å². The highest BCUT2D eigenvalue weighted by molar-refractivity contribution is 7.18. The predicted molar refractivity (Wildman–Crippen MR) is 138 cm³/mol. The third-order valence-corrected chi connectivity index (χ3v) is 7.95. The maximum atomic E-state index is 13.7. The standard InChI is InChI=1S/C27H25N5O2S/c1-34-23-9-6-18-4-2-3-5-20(18)22(23)14-32-16-31-26-25(27(32)33)21-8-7-19(10-24(21)35-26)30-13-17-11-28-15-29-12-17/h2-6,9,11-12,15-16,19,30H,7-8,10,13-14H2,1H3. The summed E-state index contributed by atoms with van der Waals surface area (Å²) in [7, 11) is 1.67. The van der Waals surface area contributed by atoms with Gasteiger partial charge in [-0.3, -0.25) is 9.36 Å². The second-order valence-electron chi connectivity index (χ2n) is 8.90. The fraction of sp³-hybridized carbons (Fsp3) is 0.259. The van der Waals surface area contributed by atoms with Crippen LogP contribution in [0.2, 0.25) is 0 Å². The van der Waals surface area contributed by atoms with E-state index in [0.29, 0.717) is 12.6 Å². The molecule has 35 heavy (non-hydrogen) atoms. The number of nitrogens with one attached hydrogen (secondary N) is 1. The Kier molecular flexibility index (Phi) is 5.75. The first kappa shape index (κ1) is 21.9. The number of benzene rings is 2. The first-order chi connectivity index (χ1) is 17.2. The van der Waals surface area contributed by atoms with Crippen LogP contribution in [0.5, 0.6) is 5.75 Å². The van der Waals surface area contributed by atoms with Crippen molar-refractivity contribution in [2.45, 2.75) is 38.4 Å². The van der Waals surface area contributed by atoms with Crippen LogP contribution < -0.4 is 15.6 Å². The zero-order valence-electron chi connectivity index (χ0n) is 19.4. The van der Waals surface area contributed by atoms with E-state index in [-0.39, 0.29) is 5.56 Å². The number of methoxy groups -OCH3 is 1. The Morgan fingerprint density at radius 1 is 1.17 bits per heavy atom. The minimum absolute atomic E-state index is 0.0235. The van der Waals surface area contributed by atoms with Gasteiger partial charge in [0.2, 0.25) is 0 Å². The molecule has 0 amide bonds. The van der Waals surface area contributed by atoms with E-state index in [1.807, 2.05) is 36.7 Å². The van der Waals surface area contributed by atoms with E-state index in [9.17, 15) is 4.79 Å². The Labute approximate surface area is 206 Å². The second-order valence-corrected chi connectivity index (χ2v) is 9.98. The van der Waals surface area contributed by atoms with E-state index in [2.05, 4.69) is 27.4 Å². The highest BCUT2D eigenvalue weighted by Gasteiger charge is 2.25. The van der Waals surface area contributed by atoms with Gasteiger partial charge in [-0.2, -0.15) is 0 Å². The molecule has 3 aromatic heterocycles. The number of aryl methyl sites for hydroxylation is 1. The van der Waals surface area contributed by atoms with E-state index in [4.69, 9.17) is 9.72 Å². The molecule has 7 nitrogen and oxygen atoms in total. The van der Waals surface area contributed by atoms with Crippen LogP contribution in [-0.4, -0.2) is 32.7 Å². The molecule has 1 aliphatic carbocycles. The highest BCUT2D eigenvalue weighted by atomic mass is 32.1. The number of ether oxygens (including phenoxy) is 1. The monoisotopic (exact) mass is 483 g/mol. The van der Waals surface area contributed by atoms with Crippen molar-refractivity contribution in [1.82, 2.24) is 24.8 Å². The van der Waals surface area contributed by atoms with Gasteiger partial charge >= 0.3 is 0 Å². The average Bonchev–Trinajstić information content (AvgIpc) is 3.28. The second kappa shape index (κ2) is 9.20. The molecule has 176 valence electrons. The van der Waals surface area contributed by atoms with Crippen LogP contribution in [0.25, 0.3) is 21.0 Å². The van der Waals surface area contributed by atoms with Crippen LogP contribution in [0.4, 0.5) is 0 Å². The van der Waals surface area contributed by atoms with Gasteiger partial charge in [0.25, 0.3) is 5.56 Å². The molecule has 2 aromatic carbocycles. The molecule has 0 bridgehead atoms. The fourth-order valence-electron chi connectivity index (χ4n) is 5.01. The number of aromatic nitrogens is 4. The third-order valence-electron chi connectivity index (χ3n) is 6.79. The van der Waals surface area contributed by atoms with Gasteiger partial charge in [-0.05, 0) is 41.7 Å². The summed E-state index contributed by atoms with van der Waals surface area (Å²) in [5, 5.41) is 6.61. The van der Waals surface area contributed by atoms with E-state index in [1.54, 1.807) is 35.7 Å². The summed E-state index contributed by atoms with van der Waals surface area (Å²) in [4.78, 5) is 28.6. The van der Waals surface area contributed by atoms with E-state index >= 15 is 0 Å². The van der Waals surface area contributed by atoms with Crippen LogP contribution in [0.3, 0.4) is 0 Å². The van der Waals surface area contributed by atoms with Crippen LogP contribution >= 0.6 is 11.3 Å². The largest absolute Gasteiger partial charge is 0.496 e. The van der Waals surface area contributed by atoms with Crippen LogP contribution in [0.1, 0.15) is 28.0 Å². The molecule has 1 aliphatic rings. The molecule has 0 saturated heterocycles. The van der Waals surface area contributed by atoms with Crippen molar-refractivity contribution in [2.75, 3.05) is 7.11 Å². The molecule has 3 heterocycles. The molecular formula is C27H25N5O2S. The van der Waals surface area contributed by atoms with Gasteiger partial charge in [0.05, 0.1) is 25.4 Å². The fourth-order valence-corrected chi connectivity index (χ4v) is 6.27. The zero-order chi connectivity index (χ0) is 23.8. The molecule has 0 radical (unpaired) electrons. The Bertz CT molecular complexity index is 1580. The Morgan fingerprint density at radius 2 is 2.03 bits per heavy atom. The van der Waals surface area contributed by atoms with Gasteiger partial charge in [0.15, 0.2) is 0 Å². The molecule has 0 saturated carbocycles. The van der Waals surface area contributed by atoms with Crippen molar-refractivity contribution >= 4 is 32.3 Å². The summed E-state index contributed by atoms with van der Waals surface area (Å²) in [6.07, 6.45) is 9.66. The number of hydrogen-bond acceptors (Lipinski definition) is 7. The van der Waals surface area contributed by atoms with Gasteiger partial charge in [0, 0.05) is 41.0 Å². The minimum Gasteiger partial charge on any atom is -0.496 e. The number of thiophene rings is 1. The summed E-state index contributed by atoms with van der Waals surface area (Å²) in [5.41, 5.74) is 3.26. The maximum Gasteiger partial charge on any atom is 0.262 e. The molecule has 5 aromatic rings. The summed E-state index contributed by atoms with van der Waals surface area (Å²) in [6.45, 7) is 1.16. The van der Waals surface area contributed by atoms with E-state index in [0.717, 1.165) is 63.7 Å². The maximum absolute atomic E-state index is 13.7. The van der Waals surface area contributed by atoms with Crippen LogP contribution in [-0.2, 0) is 25.9 Å². The van der Waals surface area contributed by atoms with Gasteiger partial charge in [0.1, 0.15) is 16.9 Å². The smallest absolute Gasteiger partial charge is 0.262 e. The van der Waals surface area contributed by atoms with E-state index in [1.165, 1.54) is 10.4 Å². The first-order valence-corrected chi connectivity index (χ1v) is 12.5. The lowest BCUT2D eigenvalue weighted by Crippen LogP contribution is -2.34. The van der Waals surface area contributed by atoms with E-state index < -0.39 is 0 Å². The zero-order valence-corrected chi connectivity index (χ0v) is 20.2. The van der Waals surface area contributed by atoms with Gasteiger partial charge in [-0.15, -0.1) is 11.3 Å². The number of fused-ring (bicyclic) bond motifs is 4. The summed E-state index contributed by atoms with van der Waals surface area (Å²) >= 11 is 1.65. The topological polar surface area (TPSA) is 81.9 Å². The molecular weight excluding hydrogens is 458 g/mol. The predicted octanol–water partition coefficient (Wildman–Crippen LogP) is 4.11. The summed E-state index contributed by atoms with van der Waals surface area (Å²) < 4.78 is 7.37. The quantitative estimate of drug-likeness (QED) is 0.392. The van der Waals surface area contributed by atoms with Crippen molar-refractivity contribution in [3.63, 3.8) is 0 Å². The number of rotatable bonds is 6. The highest BCUT2D eigenvalue weighted by Crippen LogP contribution is 2.34. The van der Waals surface area contributed by atoms with Crippen molar-refractivity contribution in [3.05, 3.63) is 93.4 Å². The normalized spacial score (nSPS) is 15.4. The van der Waals surface area contributed by atoms with Crippen molar-refractivity contribution in [3.8, 4) is 5.75 Å². The molecule has 0 fully saturated rings. The van der Waals surface area contributed by atoms with Crippen molar-refractivity contribution in [2.24, 2.45) is 0 Å². The van der Waals surface area contributed by atoms with Gasteiger partial charge in [-0.1, -0.05) is 30.3 Å².